The van der Waals surface area contributed by atoms with Gasteiger partial charge in [-0.15, -0.1) is 0 Å². The van der Waals surface area contributed by atoms with Crippen LogP contribution in [0.25, 0.3) is 11.3 Å². The van der Waals surface area contributed by atoms with Crippen molar-refractivity contribution >= 4 is 34.9 Å². The Kier molecular flexibility index (Phi) is 5.22. The fourth-order valence-electron chi connectivity index (χ4n) is 3.18. The molecule has 1 aromatic carbocycles. The Hall–Kier alpha value is -3.32. The molecule has 1 aliphatic rings. The van der Waals surface area contributed by atoms with Gasteiger partial charge in [0.25, 0.3) is 0 Å². The Balaban J connectivity index is 1.74. The zero-order valence-corrected chi connectivity index (χ0v) is 16.0. The molecule has 146 valence electrons. The smallest absolute Gasteiger partial charge is 0.305 e. The number of urea groups is 1. The van der Waals surface area contributed by atoms with Crippen LogP contribution >= 0.6 is 11.6 Å². The first-order chi connectivity index (χ1) is 14.0. The number of anilines is 2. The molecule has 0 unspecified atom stereocenters. The van der Waals surface area contributed by atoms with Crippen molar-refractivity contribution in [2.24, 2.45) is 0 Å². The van der Waals surface area contributed by atoms with E-state index in [0.29, 0.717) is 29.1 Å². The molecule has 0 atom stereocenters. The number of hydrogen-bond acceptors (Lipinski definition) is 4. The summed E-state index contributed by atoms with van der Waals surface area (Å²) >= 11 is 6.07. The predicted octanol–water partition coefficient (Wildman–Crippen LogP) is 4.95. The van der Waals surface area contributed by atoms with Crippen LogP contribution in [0.15, 0.2) is 54.9 Å². The summed E-state index contributed by atoms with van der Waals surface area (Å²) in [6, 6.07) is 11.3. The Morgan fingerprint density at radius 2 is 2.07 bits per heavy atom. The van der Waals surface area contributed by atoms with Crippen molar-refractivity contribution in [2.75, 3.05) is 16.8 Å². The number of benzene rings is 1. The van der Waals surface area contributed by atoms with Gasteiger partial charge in [-0.3, -0.25) is 14.7 Å². The van der Waals surface area contributed by atoms with Gasteiger partial charge in [-0.2, -0.15) is 0 Å². The van der Waals surface area contributed by atoms with E-state index in [0.717, 1.165) is 11.8 Å². The van der Waals surface area contributed by atoms with Crippen LogP contribution in [0, 0.1) is 5.82 Å². The summed E-state index contributed by atoms with van der Waals surface area (Å²) < 4.78 is 13.9. The van der Waals surface area contributed by atoms with Crippen LogP contribution in [-0.2, 0) is 0 Å². The van der Waals surface area contributed by atoms with E-state index in [1.807, 2.05) is 6.07 Å². The molecule has 1 N–H and O–H groups in total. The summed E-state index contributed by atoms with van der Waals surface area (Å²) in [6.07, 6.45) is 3.19. The van der Waals surface area contributed by atoms with Crippen LogP contribution in [0.1, 0.15) is 23.2 Å². The van der Waals surface area contributed by atoms with Crippen molar-refractivity contribution in [2.45, 2.75) is 12.8 Å². The van der Waals surface area contributed by atoms with Gasteiger partial charge in [-0.1, -0.05) is 23.7 Å². The highest BCUT2D eigenvalue weighted by Crippen LogP contribution is 2.30. The van der Waals surface area contributed by atoms with Gasteiger partial charge in [0.2, 0.25) is 0 Å². The molecule has 4 rings (SSSR count). The molecule has 8 heteroatoms. The third-order valence-corrected chi connectivity index (χ3v) is 4.83. The third kappa shape index (κ3) is 3.95. The minimum absolute atomic E-state index is 0.00752. The van der Waals surface area contributed by atoms with Crippen molar-refractivity contribution in [3.8, 4) is 11.3 Å². The van der Waals surface area contributed by atoms with Crippen molar-refractivity contribution in [3.63, 3.8) is 0 Å². The molecule has 2 amide bonds. The first kappa shape index (κ1) is 19.0. The van der Waals surface area contributed by atoms with Crippen LogP contribution in [0.4, 0.5) is 20.7 Å². The number of aromatic nitrogens is 2. The van der Waals surface area contributed by atoms with Gasteiger partial charge >= 0.3 is 6.03 Å². The van der Waals surface area contributed by atoms with Crippen molar-refractivity contribution in [1.82, 2.24) is 9.97 Å². The Labute approximate surface area is 171 Å². The summed E-state index contributed by atoms with van der Waals surface area (Å²) in [5, 5.41) is 3.09. The molecule has 2 aromatic heterocycles. The average Bonchev–Trinajstić information content (AvgIpc) is 2.88. The molecule has 29 heavy (non-hydrogen) atoms. The molecule has 1 aliphatic heterocycles. The lowest BCUT2D eigenvalue weighted by Gasteiger charge is -2.22. The highest BCUT2D eigenvalue weighted by atomic mass is 35.5. The second-order valence-electron chi connectivity index (χ2n) is 6.54. The molecule has 0 fully saturated rings. The number of halogens is 2. The summed E-state index contributed by atoms with van der Waals surface area (Å²) in [5.74, 6) is -0.486. The number of fused-ring (bicyclic) bond motifs is 1. The normalized spacial score (nSPS) is 13.6. The van der Waals surface area contributed by atoms with Crippen LogP contribution in [0.5, 0.6) is 0 Å². The first-order valence-corrected chi connectivity index (χ1v) is 9.39. The van der Waals surface area contributed by atoms with E-state index < -0.39 is 11.8 Å². The fourth-order valence-corrected chi connectivity index (χ4v) is 3.37. The van der Waals surface area contributed by atoms with E-state index in [1.54, 1.807) is 30.3 Å². The number of carbonyl (C=O) groups is 2. The highest BCUT2D eigenvalue weighted by molar-refractivity contribution is 6.30. The van der Waals surface area contributed by atoms with Gasteiger partial charge < -0.3 is 5.32 Å². The number of hydrogen-bond donors (Lipinski definition) is 1. The molecule has 0 spiro atoms. The Bertz CT molecular complexity index is 1110. The minimum Gasteiger partial charge on any atom is -0.305 e. The van der Waals surface area contributed by atoms with E-state index >= 15 is 0 Å². The molecular formula is C21H16ClFN4O2. The lowest BCUT2D eigenvalue weighted by Crippen LogP contribution is -2.36. The van der Waals surface area contributed by atoms with E-state index in [-0.39, 0.29) is 23.8 Å². The maximum atomic E-state index is 13.9. The van der Waals surface area contributed by atoms with Crippen LogP contribution < -0.4 is 10.2 Å². The lowest BCUT2D eigenvalue weighted by molar-refractivity contribution is 0.0983. The average molecular weight is 411 g/mol. The van der Waals surface area contributed by atoms with E-state index in [1.165, 1.54) is 17.2 Å². The lowest BCUT2D eigenvalue weighted by atomic mass is 10.1. The van der Waals surface area contributed by atoms with Crippen LogP contribution in [-0.4, -0.2) is 28.3 Å². The zero-order valence-electron chi connectivity index (χ0n) is 15.2. The number of rotatable bonds is 2. The molecule has 6 nitrogen and oxygen atoms in total. The van der Waals surface area contributed by atoms with Crippen molar-refractivity contribution in [1.29, 1.82) is 0 Å². The quantitative estimate of drug-likeness (QED) is 0.648. The molecule has 3 heterocycles. The number of nitrogens with one attached hydrogen (secondary N) is 1. The summed E-state index contributed by atoms with van der Waals surface area (Å²) in [6.45, 7) is 0.281. The first-order valence-electron chi connectivity index (χ1n) is 9.01. The molecular weight excluding hydrogens is 395 g/mol. The monoisotopic (exact) mass is 410 g/mol. The van der Waals surface area contributed by atoms with Gasteiger partial charge in [0.05, 0.1) is 23.1 Å². The zero-order chi connectivity index (χ0) is 20.4. The molecule has 0 bridgehead atoms. The second kappa shape index (κ2) is 7.97. The molecule has 0 aliphatic carbocycles. The molecule has 3 aromatic rings. The number of pyridine rings is 2. The second-order valence-corrected chi connectivity index (χ2v) is 6.98. The summed E-state index contributed by atoms with van der Waals surface area (Å²) in [5.41, 5.74) is 1.71. The largest absolute Gasteiger partial charge is 0.327 e. The predicted molar refractivity (Wildman–Crippen MR) is 109 cm³/mol. The molecule has 0 saturated carbocycles. The number of Topliss-reactive ketones (excluding diaryl/α,β-unsaturated/α-hetero) is 1. The standard InChI is InChI=1S/C21H16ClFN4O2/c22-14-4-1-3-13(11-14)17-7-6-15-19(28)5-2-10-27(20(15)25-17)21(29)26-18-8-9-24-12-16(18)23/h1,3-4,6-9,11-12H,2,5,10H2,(H,24,26,29). The number of carbonyl (C=O) groups excluding carboxylic acids is 2. The van der Waals surface area contributed by atoms with Gasteiger partial charge in [0.1, 0.15) is 5.82 Å². The summed E-state index contributed by atoms with van der Waals surface area (Å²) in [4.78, 5) is 35.0. The van der Waals surface area contributed by atoms with Gasteiger partial charge in [0.15, 0.2) is 11.6 Å². The maximum Gasteiger partial charge on any atom is 0.327 e. The SMILES string of the molecule is O=C1CCCN(C(=O)Nc2ccncc2F)c2nc(-c3cccc(Cl)c3)ccc21. The van der Waals surface area contributed by atoms with E-state index in [2.05, 4.69) is 15.3 Å². The van der Waals surface area contributed by atoms with Gasteiger partial charge in [0, 0.05) is 29.7 Å². The fraction of sp³-hybridized carbons (Fsp3) is 0.143. The molecule has 0 saturated heterocycles. The van der Waals surface area contributed by atoms with E-state index in [4.69, 9.17) is 11.6 Å². The number of amides is 2. The van der Waals surface area contributed by atoms with Crippen LogP contribution in [0.2, 0.25) is 5.02 Å². The van der Waals surface area contributed by atoms with Gasteiger partial charge in [-0.25, -0.2) is 14.2 Å². The molecule has 0 radical (unpaired) electrons. The maximum absolute atomic E-state index is 13.9. The topological polar surface area (TPSA) is 75.2 Å². The summed E-state index contributed by atoms with van der Waals surface area (Å²) in [7, 11) is 0. The highest BCUT2D eigenvalue weighted by Gasteiger charge is 2.27. The van der Waals surface area contributed by atoms with Crippen molar-refractivity contribution < 1.29 is 14.0 Å². The Morgan fingerprint density at radius 3 is 2.86 bits per heavy atom. The third-order valence-electron chi connectivity index (χ3n) is 4.60. The Morgan fingerprint density at radius 1 is 1.21 bits per heavy atom. The number of nitrogens with zero attached hydrogens (tertiary/aromatic N) is 3. The van der Waals surface area contributed by atoms with Crippen molar-refractivity contribution in [3.05, 3.63) is 71.3 Å². The van der Waals surface area contributed by atoms with E-state index in [9.17, 15) is 14.0 Å². The minimum atomic E-state index is -0.646. The number of ketones is 1. The van der Waals surface area contributed by atoms with Gasteiger partial charge in [-0.05, 0) is 36.8 Å². The van der Waals surface area contributed by atoms with Crippen LogP contribution in [0.3, 0.4) is 0 Å².